The van der Waals surface area contributed by atoms with Crippen molar-refractivity contribution in [2.75, 3.05) is 0 Å². The predicted octanol–water partition coefficient (Wildman–Crippen LogP) is 2.22. The summed E-state index contributed by atoms with van der Waals surface area (Å²) in [6.07, 6.45) is 3.59. The summed E-state index contributed by atoms with van der Waals surface area (Å²) in [4.78, 5) is 12.2. The lowest BCUT2D eigenvalue weighted by Gasteiger charge is -2.15. The van der Waals surface area contributed by atoms with Crippen LogP contribution in [-0.4, -0.2) is 32.2 Å². The molecule has 0 aliphatic carbocycles. The lowest BCUT2D eigenvalue weighted by molar-refractivity contribution is 0.0937. The van der Waals surface area contributed by atoms with Gasteiger partial charge in [0.1, 0.15) is 6.33 Å². The summed E-state index contributed by atoms with van der Waals surface area (Å²) in [5.74, 6) is 0.577. The predicted molar refractivity (Wildman–Crippen MR) is 80.2 cm³/mol. The van der Waals surface area contributed by atoms with Gasteiger partial charge in [-0.2, -0.15) is 0 Å². The molecule has 1 atom stereocenters. The van der Waals surface area contributed by atoms with Gasteiger partial charge in [0.2, 0.25) is 0 Å². The highest BCUT2D eigenvalue weighted by atomic mass is 16.1. The summed E-state index contributed by atoms with van der Waals surface area (Å²) >= 11 is 0. The summed E-state index contributed by atoms with van der Waals surface area (Å²) in [7, 11) is 0. The fourth-order valence-electron chi connectivity index (χ4n) is 2.03. The van der Waals surface area contributed by atoms with Crippen molar-refractivity contribution < 1.29 is 4.79 Å². The number of carbonyl (C=O) groups excluding carboxylic acids is 1. The van der Waals surface area contributed by atoms with Crippen molar-refractivity contribution in [1.82, 2.24) is 25.5 Å². The van der Waals surface area contributed by atoms with E-state index in [4.69, 9.17) is 0 Å². The third kappa shape index (κ3) is 4.37. The summed E-state index contributed by atoms with van der Waals surface area (Å²) < 4.78 is 1.53. The topological polar surface area (TPSA) is 72.7 Å². The number of amides is 1. The molecule has 0 saturated heterocycles. The molecule has 6 nitrogen and oxygen atoms in total. The van der Waals surface area contributed by atoms with Gasteiger partial charge in [-0.15, -0.1) is 5.10 Å². The lowest BCUT2D eigenvalue weighted by Crippen LogP contribution is -2.32. The van der Waals surface area contributed by atoms with Crippen molar-refractivity contribution in [2.24, 2.45) is 5.92 Å². The molecule has 1 heterocycles. The maximum Gasteiger partial charge on any atom is 0.251 e. The fourth-order valence-corrected chi connectivity index (χ4v) is 2.03. The van der Waals surface area contributed by atoms with Crippen LogP contribution in [0.5, 0.6) is 0 Å². The molecule has 0 spiro atoms. The number of carbonyl (C=O) groups is 1. The van der Waals surface area contributed by atoms with Gasteiger partial charge in [0.05, 0.1) is 5.69 Å². The Bertz CT molecular complexity index is 580. The minimum atomic E-state index is -0.0684. The monoisotopic (exact) mass is 287 g/mol. The van der Waals surface area contributed by atoms with Crippen LogP contribution in [0.4, 0.5) is 0 Å². The first-order valence-electron chi connectivity index (χ1n) is 7.20. The van der Waals surface area contributed by atoms with Gasteiger partial charge in [-0.1, -0.05) is 19.9 Å². The molecule has 2 aromatic rings. The number of nitrogens with zero attached hydrogens (tertiary/aromatic N) is 4. The van der Waals surface area contributed by atoms with E-state index in [1.54, 1.807) is 12.1 Å². The number of hydrogen-bond donors (Lipinski definition) is 1. The molecule has 0 aliphatic rings. The highest BCUT2D eigenvalue weighted by Gasteiger charge is 2.11. The Kier molecular flexibility index (Phi) is 5.03. The maximum absolute atomic E-state index is 12.2. The molecular weight excluding hydrogens is 266 g/mol. The van der Waals surface area contributed by atoms with Gasteiger partial charge in [0.25, 0.3) is 5.91 Å². The van der Waals surface area contributed by atoms with E-state index in [0.29, 0.717) is 11.5 Å². The molecule has 6 heteroatoms. The van der Waals surface area contributed by atoms with Crippen LogP contribution >= 0.6 is 0 Å². The normalized spacial score (nSPS) is 12.4. The Balaban J connectivity index is 2.01. The van der Waals surface area contributed by atoms with E-state index in [-0.39, 0.29) is 11.9 Å². The Hall–Kier alpha value is -2.24. The average molecular weight is 287 g/mol. The number of benzene rings is 1. The number of nitrogens with one attached hydrogen (secondary N) is 1. The summed E-state index contributed by atoms with van der Waals surface area (Å²) in [5, 5.41) is 14.0. The summed E-state index contributed by atoms with van der Waals surface area (Å²) in [6, 6.07) is 7.41. The van der Waals surface area contributed by atoms with Gasteiger partial charge in [0.15, 0.2) is 0 Å². The van der Waals surface area contributed by atoms with Crippen molar-refractivity contribution in [3.63, 3.8) is 0 Å². The van der Waals surface area contributed by atoms with E-state index < -0.39 is 0 Å². The third-order valence-electron chi connectivity index (χ3n) is 3.28. The number of tetrazole rings is 1. The summed E-state index contributed by atoms with van der Waals surface area (Å²) in [5.41, 5.74) is 1.38. The van der Waals surface area contributed by atoms with Gasteiger partial charge in [-0.3, -0.25) is 4.79 Å². The largest absolute Gasteiger partial charge is 0.350 e. The SMILES string of the molecule is CC(C)CC[C@H](C)NC(=O)c1cccc(-n2cnnn2)c1. The molecule has 1 aromatic heterocycles. The molecule has 0 fully saturated rings. The first kappa shape index (κ1) is 15.2. The van der Waals surface area contributed by atoms with E-state index >= 15 is 0 Å². The standard InChI is InChI=1S/C15H21N5O/c1-11(2)7-8-12(3)17-15(21)13-5-4-6-14(9-13)20-10-16-18-19-20/h4-6,9-12H,7-8H2,1-3H3,(H,17,21)/t12-/m0/s1. The van der Waals surface area contributed by atoms with Crippen LogP contribution in [0.15, 0.2) is 30.6 Å². The second kappa shape index (κ2) is 6.97. The highest BCUT2D eigenvalue weighted by Crippen LogP contribution is 2.10. The van der Waals surface area contributed by atoms with Crippen molar-refractivity contribution in [3.05, 3.63) is 36.2 Å². The molecule has 21 heavy (non-hydrogen) atoms. The molecule has 1 N–H and O–H groups in total. The first-order chi connectivity index (χ1) is 10.1. The van der Waals surface area contributed by atoms with Crippen molar-refractivity contribution in [3.8, 4) is 5.69 Å². The molecule has 0 aliphatic heterocycles. The zero-order chi connectivity index (χ0) is 15.2. The van der Waals surface area contributed by atoms with Crippen LogP contribution in [0.2, 0.25) is 0 Å². The molecule has 112 valence electrons. The van der Waals surface area contributed by atoms with Crippen molar-refractivity contribution in [1.29, 1.82) is 0 Å². The number of hydrogen-bond acceptors (Lipinski definition) is 4. The van der Waals surface area contributed by atoms with Gasteiger partial charge >= 0.3 is 0 Å². The molecule has 2 rings (SSSR count). The average Bonchev–Trinajstić information content (AvgIpc) is 2.99. The minimum Gasteiger partial charge on any atom is -0.350 e. The van der Waals surface area contributed by atoms with Crippen LogP contribution in [0, 0.1) is 5.92 Å². The Morgan fingerprint density at radius 3 is 2.76 bits per heavy atom. The fraction of sp³-hybridized carbons (Fsp3) is 0.467. The van der Waals surface area contributed by atoms with Gasteiger partial charge in [0, 0.05) is 11.6 Å². The van der Waals surface area contributed by atoms with E-state index in [9.17, 15) is 4.79 Å². The molecule has 0 saturated carbocycles. The second-order valence-corrected chi connectivity index (χ2v) is 5.65. The number of rotatable bonds is 6. The summed E-state index contributed by atoms with van der Waals surface area (Å²) in [6.45, 7) is 6.40. The van der Waals surface area contributed by atoms with Crippen LogP contribution in [0.3, 0.4) is 0 Å². The smallest absolute Gasteiger partial charge is 0.251 e. The highest BCUT2D eigenvalue weighted by molar-refractivity contribution is 5.94. The molecule has 0 unspecified atom stereocenters. The molecule has 1 amide bonds. The van der Waals surface area contributed by atoms with Crippen LogP contribution < -0.4 is 5.32 Å². The zero-order valence-electron chi connectivity index (χ0n) is 12.7. The Morgan fingerprint density at radius 2 is 2.10 bits per heavy atom. The van der Waals surface area contributed by atoms with Crippen molar-refractivity contribution in [2.45, 2.75) is 39.7 Å². The van der Waals surface area contributed by atoms with Gasteiger partial charge in [-0.05, 0) is 54.3 Å². The van der Waals surface area contributed by atoms with Gasteiger partial charge < -0.3 is 5.32 Å². The van der Waals surface area contributed by atoms with Crippen LogP contribution in [0.1, 0.15) is 44.0 Å². The molecular formula is C15H21N5O. The zero-order valence-corrected chi connectivity index (χ0v) is 12.7. The molecule has 0 radical (unpaired) electrons. The minimum absolute atomic E-state index is 0.0684. The molecule has 1 aromatic carbocycles. The van der Waals surface area contributed by atoms with E-state index in [1.807, 2.05) is 19.1 Å². The first-order valence-corrected chi connectivity index (χ1v) is 7.20. The van der Waals surface area contributed by atoms with Crippen LogP contribution in [-0.2, 0) is 0 Å². The lowest BCUT2D eigenvalue weighted by atomic mass is 10.0. The van der Waals surface area contributed by atoms with E-state index in [1.165, 1.54) is 11.0 Å². The quantitative estimate of drug-likeness (QED) is 0.884. The Morgan fingerprint density at radius 1 is 1.29 bits per heavy atom. The Labute approximate surface area is 124 Å². The van der Waals surface area contributed by atoms with E-state index in [0.717, 1.165) is 18.5 Å². The van der Waals surface area contributed by atoms with Gasteiger partial charge in [-0.25, -0.2) is 4.68 Å². The molecule has 0 bridgehead atoms. The van der Waals surface area contributed by atoms with Crippen LogP contribution in [0.25, 0.3) is 5.69 Å². The van der Waals surface area contributed by atoms with E-state index in [2.05, 4.69) is 34.7 Å². The number of aromatic nitrogens is 4. The third-order valence-corrected chi connectivity index (χ3v) is 3.28. The van der Waals surface area contributed by atoms with Crippen molar-refractivity contribution >= 4 is 5.91 Å². The maximum atomic E-state index is 12.2. The second-order valence-electron chi connectivity index (χ2n) is 5.65.